The van der Waals surface area contributed by atoms with Crippen LogP contribution in [0, 0.1) is 0 Å². The number of rotatable bonds is 4. The maximum absolute atomic E-state index is 12.5. The SMILES string of the molecule is CCN(C(=O)c1ncccc1C(=O)O)c1cccc(O)c1. The second-order valence-electron chi connectivity index (χ2n) is 4.27. The van der Waals surface area contributed by atoms with Gasteiger partial charge < -0.3 is 15.1 Å². The van der Waals surface area contributed by atoms with Crippen molar-refractivity contribution in [2.45, 2.75) is 6.92 Å². The van der Waals surface area contributed by atoms with Crippen molar-refractivity contribution in [1.82, 2.24) is 4.98 Å². The topological polar surface area (TPSA) is 90.7 Å². The molecule has 0 unspecified atom stereocenters. The Morgan fingerprint density at radius 3 is 2.62 bits per heavy atom. The van der Waals surface area contributed by atoms with Crippen molar-refractivity contribution >= 4 is 17.6 Å². The number of hydrogen-bond donors (Lipinski definition) is 2. The molecule has 0 radical (unpaired) electrons. The lowest BCUT2D eigenvalue weighted by molar-refractivity contribution is 0.0691. The summed E-state index contributed by atoms with van der Waals surface area (Å²) in [5, 5.41) is 18.6. The summed E-state index contributed by atoms with van der Waals surface area (Å²) in [6, 6.07) is 8.99. The van der Waals surface area contributed by atoms with E-state index in [-0.39, 0.29) is 17.0 Å². The molecule has 0 saturated carbocycles. The van der Waals surface area contributed by atoms with Crippen LogP contribution in [0.1, 0.15) is 27.8 Å². The van der Waals surface area contributed by atoms with Crippen LogP contribution in [-0.2, 0) is 0 Å². The Bertz CT molecular complexity index is 685. The van der Waals surface area contributed by atoms with Crippen LogP contribution in [0.5, 0.6) is 5.75 Å². The summed E-state index contributed by atoms with van der Waals surface area (Å²) >= 11 is 0. The van der Waals surface area contributed by atoms with Gasteiger partial charge in [-0.3, -0.25) is 9.78 Å². The Balaban J connectivity index is 2.44. The minimum atomic E-state index is -1.21. The molecule has 2 aromatic rings. The van der Waals surface area contributed by atoms with Crippen LogP contribution in [-0.4, -0.2) is 33.6 Å². The number of carboxylic acids is 1. The van der Waals surface area contributed by atoms with E-state index in [9.17, 15) is 14.7 Å². The van der Waals surface area contributed by atoms with Crippen molar-refractivity contribution in [1.29, 1.82) is 0 Å². The first kappa shape index (κ1) is 14.5. The van der Waals surface area contributed by atoms with Crippen LogP contribution in [0.2, 0.25) is 0 Å². The fourth-order valence-electron chi connectivity index (χ4n) is 1.98. The summed E-state index contributed by atoms with van der Waals surface area (Å²) in [5.41, 5.74) is 0.195. The maximum atomic E-state index is 12.5. The average molecular weight is 286 g/mol. The Labute approximate surface area is 121 Å². The predicted molar refractivity (Wildman–Crippen MR) is 76.7 cm³/mol. The highest BCUT2D eigenvalue weighted by Gasteiger charge is 2.23. The average Bonchev–Trinajstić information content (AvgIpc) is 2.48. The van der Waals surface area contributed by atoms with Crippen molar-refractivity contribution in [2.75, 3.05) is 11.4 Å². The number of carboxylic acid groups (broad SMARTS) is 1. The number of aromatic nitrogens is 1. The fraction of sp³-hybridized carbons (Fsp3) is 0.133. The lowest BCUT2D eigenvalue weighted by Crippen LogP contribution is -2.32. The molecule has 0 spiro atoms. The van der Waals surface area contributed by atoms with Gasteiger partial charge in [-0.2, -0.15) is 0 Å². The van der Waals surface area contributed by atoms with Gasteiger partial charge in [0.05, 0.1) is 5.56 Å². The number of phenolic OH excluding ortho intramolecular Hbond substituents is 1. The Kier molecular flexibility index (Phi) is 4.18. The smallest absolute Gasteiger partial charge is 0.338 e. The second-order valence-corrected chi connectivity index (χ2v) is 4.27. The van der Waals surface area contributed by atoms with E-state index in [1.165, 1.54) is 35.4 Å². The largest absolute Gasteiger partial charge is 0.508 e. The summed E-state index contributed by atoms with van der Waals surface area (Å²) in [7, 11) is 0. The first-order chi connectivity index (χ1) is 10.0. The lowest BCUT2D eigenvalue weighted by atomic mass is 10.1. The number of aromatic hydroxyl groups is 1. The van der Waals surface area contributed by atoms with Gasteiger partial charge >= 0.3 is 5.97 Å². The van der Waals surface area contributed by atoms with Gasteiger partial charge in [0, 0.05) is 24.5 Å². The molecule has 6 heteroatoms. The Hall–Kier alpha value is -2.89. The van der Waals surface area contributed by atoms with Crippen molar-refractivity contribution in [3.63, 3.8) is 0 Å². The van der Waals surface area contributed by atoms with E-state index in [0.29, 0.717) is 12.2 Å². The zero-order valence-corrected chi connectivity index (χ0v) is 11.4. The number of benzene rings is 1. The zero-order valence-electron chi connectivity index (χ0n) is 11.4. The first-order valence-corrected chi connectivity index (χ1v) is 6.33. The molecule has 0 fully saturated rings. The second kappa shape index (κ2) is 6.04. The monoisotopic (exact) mass is 286 g/mol. The number of anilines is 1. The molecule has 1 amide bonds. The van der Waals surface area contributed by atoms with Crippen LogP contribution in [0.15, 0.2) is 42.6 Å². The molecule has 0 atom stereocenters. The highest BCUT2D eigenvalue weighted by atomic mass is 16.4. The van der Waals surface area contributed by atoms with Gasteiger partial charge in [-0.15, -0.1) is 0 Å². The number of hydrogen-bond acceptors (Lipinski definition) is 4. The van der Waals surface area contributed by atoms with Gasteiger partial charge in [-0.05, 0) is 31.2 Å². The molecule has 108 valence electrons. The quantitative estimate of drug-likeness (QED) is 0.898. The van der Waals surface area contributed by atoms with Gasteiger partial charge in [0.15, 0.2) is 0 Å². The minimum absolute atomic E-state index is 0.0261. The Morgan fingerprint density at radius 2 is 2.00 bits per heavy atom. The van der Waals surface area contributed by atoms with E-state index in [2.05, 4.69) is 4.98 Å². The number of carbonyl (C=O) groups excluding carboxylic acids is 1. The van der Waals surface area contributed by atoms with Crippen LogP contribution in [0.3, 0.4) is 0 Å². The number of amides is 1. The van der Waals surface area contributed by atoms with E-state index in [0.717, 1.165) is 0 Å². The molecule has 0 aliphatic heterocycles. The summed E-state index contributed by atoms with van der Waals surface area (Å²) in [6.45, 7) is 2.07. The summed E-state index contributed by atoms with van der Waals surface area (Å²) in [4.78, 5) is 28.9. The lowest BCUT2D eigenvalue weighted by Gasteiger charge is -2.21. The van der Waals surface area contributed by atoms with Gasteiger partial charge in [-0.1, -0.05) is 6.07 Å². The number of aromatic carboxylic acids is 1. The van der Waals surface area contributed by atoms with Gasteiger partial charge in [0.2, 0.25) is 0 Å². The van der Waals surface area contributed by atoms with Gasteiger partial charge in [0.25, 0.3) is 5.91 Å². The van der Waals surface area contributed by atoms with E-state index in [4.69, 9.17) is 5.11 Å². The molecule has 0 aliphatic carbocycles. The molecule has 0 saturated heterocycles. The van der Waals surface area contributed by atoms with Crippen LogP contribution in [0.4, 0.5) is 5.69 Å². The van der Waals surface area contributed by atoms with Gasteiger partial charge in [0.1, 0.15) is 11.4 Å². The molecule has 0 aliphatic rings. The normalized spacial score (nSPS) is 10.1. The van der Waals surface area contributed by atoms with Crippen molar-refractivity contribution in [2.24, 2.45) is 0 Å². The molecule has 1 aromatic heterocycles. The molecule has 21 heavy (non-hydrogen) atoms. The summed E-state index contributed by atoms with van der Waals surface area (Å²) < 4.78 is 0. The highest BCUT2D eigenvalue weighted by molar-refractivity contribution is 6.10. The number of pyridine rings is 1. The van der Waals surface area contributed by atoms with E-state index < -0.39 is 11.9 Å². The maximum Gasteiger partial charge on any atom is 0.338 e. The Morgan fingerprint density at radius 1 is 1.24 bits per heavy atom. The van der Waals surface area contributed by atoms with E-state index >= 15 is 0 Å². The number of nitrogens with zero attached hydrogens (tertiary/aromatic N) is 2. The van der Waals surface area contributed by atoms with E-state index in [1.807, 2.05) is 0 Å². The third-order valence-corrected chi connectivity index (χ3v) is 2.94. The summed E-state index contributed by atoms with van der Waals surface area (Å²) in [5.74, 6) is -1.71. The third kappa shape index (κ3) is 3.00. The molecular weight excluding hydrogens is 272 g/mol. The molecule has 1 heterocycles. The van der Waals surface area contributed by atoms with Crippen LogP contribution < -0.4 is 4.90 Å². The first-order valence-electron chi connectivity index (χ1n) is 6.33. The fourth-order valence-corrected chi connectivity index (χ4v) is 1.98. The molecular formula is C15H14N2O4. The van der Waals surface area contributed by atoms with Crippen LogP contribution >= 0.6 is 0 Å². The molecule has 0 bridgehead atoms. The number of carbonyl (C=O) groups is 2. The van der Waals surface area contributed by atoms with Gasteiger partial charge in [-0.25, -0.2) is 4.79 Å². The highest BCUT2D eigenvalue weighted by Crippen LogP contribution is 2.22. The van der Waals surface area contributed by atoms with Crippen molar-refractivity contribution in [3.8, 4) is 5.75 Å². The number of phenols is 1. The zero-order chi connectivity index (χ0) is 15.4. The molecule has 2 rings (SSSR count). The third-order valence-electron chi connectivity index (χ3n) is 2.94. The van der Waals surface area contributed by atoms with Crippen molar-refractivity contribution in [3.05, 3.63) is 53.9 Å². The van der Waals surface area contributed by atoms with Crippen molar-refractivity contribution < 1.29 is 19.8 Å². The van der Waals surface area contributed by atoms with Crippen LogP contribution in [0.25, 0.3) is 0 Å². The van der Waals surface area contributed by atoms with E-state index in [1.54, 1.807) is 19.1 Å². The predicted octanol–water partition coefficient (Wildman–Crippen LogP) is 2.15. The summed E-state index contributed by atoms with van der Waals surface area (Å²) in [6.07, 6.45) is 1.37. The minimum Gasteiger partial charge on any atom is -0.508 e. The molecule has 6 nitrogen and oxygen atoms in total. The standard InChI is InChI=1S/C15H14N2O4/c1-2-17(10-5-3-6-11(18)9-10)14(19)13-12(15(20)21)7-4-8-16-13/h3-9,18H,2H2,1H3,(H,20,21). The molecule has 1 aromatic carbocycles. The molecule has 2 N–H and O–H groups in total.